The van der Waals surface area contributed by atoms with Gasteiger partial charge in [-0.25, -0.2) is 8.42 Å². The summed E-state index contributed by atoms with van der Waals surface area (Å²) in [6.45, 7) is 2.91. The van der Waals surface area contributed by atoms with Crippen molar-refractivity contribution in [2.24, 2.45) is 0 Å². The lowest BCUT2D eigenvalue weighted by Crippen LogP contribution is -2.41. The number of methoxy groups -OCH3 is 1. The highest BCUT2D eigenvalue weighted by Gasteiger charge is 2.34. The van der Waals surface area contributed by atoms with E-state index in [1.807, 2.05) is 0 Å². The summed E-state index contributed by atoms with van der Waals surface area (Å²) in [5, 5.41) is 2.11. The van der Waals surface area contributed by atoms with E-state index in [0.29, 0.717) is 5.56 Å². The number of rotatable bonds is 6. The van der Waals surface area contributed by atoms with E-state index >= 15 is 0 Å². The molecule has 152 valence electrons. The second-order valence-corrected chi connectivity index (χ2v) is 7.71. The number of para-hydroxylation sites is 1. The molecule has 0 spiro atoms. The van der Waals surface area contributed by atoms with E-state index in [9.17, 15) is 26.4 Å². The highest BCUT2D eigenvalue weighted by atomic mass is 32.2. The largest absolute Gasteiger partial charge is 0.495 e. The van der Waals surface area contributed by atoms with Gasteiger partial charge in [-0.15, -0.1) is 0 Å². The van der Waals surface area contributed by atoms with Crippen LogP contribution in [0.3, 0.4) is 0 Å². The van der Waals surface area contributed by atoms with Crippen molar-refractivity contribution in [1.29, 1.82) is 0 Å². The average molecular weight is 416 g/mol. The zero-order valence-electron chi connectivity index (χ0n) is 15.3. The number of ether oxygens (including phenoxy) is 1. The molecule has 0 aliphatic rings. The van der Waals surface area contributed by atoms with Crippen LogP contribution in [0.1, 0.15) is 18.1 Å². The highest BCUT2D eigenvalue weighted by molar-refractivity contribution is 7.89. The molecule has 0 fully saturated rings. The lowest BCUT2D eigenvalue weighted by atomic mass is 10.1. The lowest BCUT2D eigenvalue weighted by Gasteiger charge is -2.18. The predicted molar refractivity (Wildman–Crippen MR) is 97.6 cm³/mol. The standard InChI is InChI=1S/C18H19F3N2O4S/c1-11-8-9-15(27-3)16(10-11)28(25,26)23-12(2)17(24)22-14-7-5-4-6-13(14)18(19,20)21/h4-10,12,23H,1-3H3,(H,22,24)/t12-/m0/s1. The van der Waals surface area contributed by atoms with Gasteiger partial charge >= 0.3 is 6.18 Å². The first kappa shape index (κ1) is 21.7. The van der Waals surface area contributed by atoms with Crippen molar-refractivity contribution in [3.05, 3.63) is 53.6 Å². The van der Waals surface area contributed by atoms with E-state index < -0.39 is 39.4 Å². The van der Waals surface area contributed by atoms with Gasteiger partial charge in [0, 0.05) is 0 Å². The molecule has 0 unspecified atom stereocenters. The minimum absolute atomic E-state index is 0.0770. The molecule has 0 heterocycles. The molecule has 1 amide bonds. The molecular weight excluding hydrogens is 397 g/mol. The smallest absolute Gasteiger partial charge is 0.418 e. The van der Waals surface area contributed by atoms with E-state index in [1.54, 1.807) is 13.0 Å². The number of anilines is 1. The number of sulfonamides is 1. The molecule has 0 radical (unpaired) electrons. The van der Waals surface area contributed by atoms with Gasteiger partial charge in [0.05, 0.1) is 24.4 Å². The van der Waals surface area contributed by atoms with Gasteiger partial charge in [0.15, 0.2) is 0 Å². The normalized spacial score (nSPS) is 13.1. The number of amides is 1. The topological polar surface area (TPSA) is 84.5 Å². The molecule has 1 atom stereocenters. The van der Waals surface area contributed by atoms with Crippen LogP contribution in [0.25, 0.3) is 0 Å². The van der Waals surface area contributed by atoms with Crippen molar-refractivity contribution < 1.29 is 31.1 Å². The fourth-order valence-electron chi connectivity index (χ4n) is 2.42. The summed E-state index contributed by atoms with van der Waals surface area (Å²) in [4.78, 5) is 12.1. The Hall–Kier alpha value is -2.59. The van der Waals surface area contributed by atoms with Crippen LogP contribution >= 0.6 is 0 Å². The summed E-state index contributed by atoms with van der Waals surface area (Å²) >= 11 is 0. The summed E-state index contributed by atoms with van der Waals surface area (Å²) in [5.74, 6) is -0.861. The van der Waals surface area contributed by atoms with Gasteiger partial charge in [0.2, 0.25) is 15.9 Å². The summed E-state index contributed by atoms with van der Waals surface area (Å²) in [6, 6.07) is 7.58. The fraction of sp³-hybridized carbons (Fsp3) is 0.278. The first-order valence-corrected chi connectivity index (χ1v) is 9.58. The van der Waals surface area contributed by atoms with E-state index in [4.69, 9.17) is 4.74 Å². The molecular formula is C18H19F3N2O4S. The van der Waals surface area contributed by atoms with Gasteiger partial charge in [-0.05, 0) is 43.7 Å². The third-order valence-electron chi connectivity index (χ3n) is 3.82. The summed E-state index contributed by atoms with van der Waals surface area (Å²) in [5.41, 5.74) is -0.838. The minimum atomic E-state index is -4.67. The van der Waals surface area contributed by atoms with Crippen LogP contribution < -0.4 is 14.8 Å². The molecule has 2 aromatic rings. The number of benzene rings is 2. The Morgan fingerprint density at radius 3 is 2.39 bits per heavy atom. The second kappa shape index (κ2) is 8.19. The number of halogens is 3. The summed E-state index contributed by atoms with van der Waals surface area (Å²) in [7, 11) is -2.86. The molecule has 0 aliphatic heterocycles. The number of hydrogen-bond donors (Lipinski definition) is 2. The molecule has 0 saturated heterocycles. The van der Waals surface area contributed by atoms with Gasteiger partial charge in [0.25, 0.3) is 0 Å². The van der Waals surface area contributed by atoms with Crippen molar-refractivity contribution >= 4 is 21.6 Å². The molecule has 0 bridgehead atoms. The van der Waals surface area contributed by atoms with Crippen molar-refractivity contribution in [3.63, 3.8) is 0 Å². The molecule has 28 heavy (non-hydrogen) atoms. The zero-order valence-corrected chi connectivity index (χ0v) is 16.1. The number of carbonyl (C=O) groups is 1. The molecule has 0 saturated carbocycles. The second-order valence-electron chi connectivity index (χ2n) is 6.03. The van der Waals surface area contributed by atoms with Crippen LogP contribution in [0.4, 0.5) is 18.9 Å². The summed E-state index contributed by atoms with van der Waals surface area (Å²) < 4.78 is 71.5. The maximum atomic E-state index is 13.0. The van der Waals surface area contributed by atoms with Crippen LogP contribution in [-0.2, 0) is 21.0 Å². The third-order valence-corrected chi connectivity index (χ3v) is 5.39. The quantitative estimate of drug-likeness (QED) is 0.757. The molecule has 0 aliphatic carbocycles. The molecule has 2 N–H and O–H groups in total. The Morgan fingerprint density at radius 2 is 1.79 bits per heavy atom. The first-order valence-electron chi connectivity index (χ1n) is 8.10. The maximum Gasteiger partial charge on any atom is 0.418 e. The van der Waals surface area contributed by atoms with E-state index in [-0.39, 0.29) is 10.6 Å². The Bertz CT molecular complexity index is 975. The Morgan fingerprint density at radius 1 is 1.14 bits per heavy atom. The van der Waals surface area contributed by atoms with Crippen LogP contribution in [0.2, 0.25) is 0 Å². The maximum absolute atomic E-state index is 13.0. The van der Waals surface area contributed by atoms with Crippen molar-refractivity contribution in [1.82, 2.24) is 4.72 Å². The third kappa shape index (κ3) is 5.02. The van der Waals surface area contributed by atoms with E-state index in [0.717, 1.165) is 12.1 Å². The summed E-state index contributed by atoms with van der Waals surface area (Å²) in [6.07, 6.45) is -4.67. The van der Waals surface area contributed by atoms with Gasteiger partial charge in [-0.1, -0.05) is 18.2 Å². The number of aryl methyl sites for hydroxylation is 1. The van der Waals surface area contributed by atoms with Crippen LogP contribution in [0, 0.1) is 6.92 Å². The van der Waals surface area contributed by atoms with Gasteiger partial charge in [-0.2, -0.15) is 17.9 Å². The fourth-order valence-corrected chi connectivity index (χ4v) is 3.88. The molecule has 2 rings (SSSR count). The van der Waals surface area contributed by atoms with Crippen LogP contribution in [0.5, 0.6) is 5.75 Å². The molecule has 0 aromatic heterocycles. The van der Waals surface area contributed by atoms with Crippen molar-refractivity contribution in [2.45, 2.75) is 31.0 Å². The van der Waals surface area contributed by atoms with Crippen molar-refractivity contribution in [3.8, 4) is 5.75 Å². The number of nitrogens with one attached hydrogen (secondary N) is 2. The zero-order chi connectivity index (χ0) is 21.1. The van der Waals surface area contributed by atoms with Gasteiger partial charge in [0.1, 0.15) is 10.6 Å². The Balaban J connectivity index is 2.23. The Labute approximate surface area is 160 Å². The molecule has 2 aromatic carbocycles. The average Bonchev–Trinajstić information content (AvgIpc) is 2.60. The monoisotopic (exact) mass is 416 g/mol. The number of carbonyl (C=O) groups excluding carboxylic acids is 1. The number of hydrogen-bond acceptors (Lipinski definition) is 4. The van der Waals surface area contributed by atoms with Gasteiger partial charge in [-0.3, -0.25) is 4.79 Å². The highest BCUT2D eigenvalue weighted by Crippen LogP contribution is 2.34. The predicted octanol–water partition coefficient (Wildman–Crippen LogP) is 3.33. The number of alkyl halides is 3. The van der Waals surface area contributed by atoms with Crippen LogP contribution in [-0.4, -0.2) is 27.5 Å². The SMILES string of the molecule is COc1ccc(C)cc1S(=O)(=O)N[C@@H](C)C(=O)Nc1ccccc1C(F)(F)F. The Kier molecular flexibility index (Phi) is 6.35. The van der Waals surface area contributed by atoms with E-state index in [2.05, 4.69) is 10.0 Å². The molecule has 10 heteroatoms. The lowest BCUT2D eigenvalue weighted by molar-refractivity contribution is -0.137. The van der Waals surface area contributed by atoms with E-state index in [1.165, 1.54) is 38.3 Å². The van der Waals surface area contributed by atoms with Crippen molar-refractivity contribution in [2.75, 3.05) is 12.4 Å². The molecule has 6 nitrogen and oxygen atoms in total. The van der Waals surface area contributed by atoms with Gasteiger partial charge < -0.3 is 10.1 Å². The van der Waals surface area contributed by atoms with Crippen LogP contribution in [0.15, 0.2) is 47.4 Å². The minimum Gasteiger partial charge on any atom is -0.495 e. The first-order chi connectivity index (χ1) is 13.0.